The van der Waals surface area contributed by atoms with E-state index in [9.17, 15) is 14.4 Å². The lowest BCUT2D eigenvalue weighted by Crippen LogP contribution is -2.43. The number of carbonyl (C=O) groups excluding carboxylic acids is 1. The van der Waals surface area contributed by atoms with Crippen LogP contribution in [-0.2, 0) is 16.0 Å². The molecule has 2 aromatic rings. The van der Waals surface area contributed by atoms with Gasteiger partial charge >= 0.3 is 5.69 Å². The predicted octanol–water partition coefficient (Wildman–Crippen LogP) is 0.904. The van der Waals surface area contributed by atoms with Crippen molar-refractivity contribution in [3.05, 3.63) is 68.0 Å². The summed E-state index contributed by atoms with van der Waals surface area (Å²) in [5, 5.41) is 0. The smallest absolute Gasteiger partial charge is 0.325 e. The molecule has 25 heavy (non-hydrogen) atoms. The third-order valence-electron chi connectivity index (χ3n) is 4.48. The van der Waals surface area contributed by atoms with Gasteiger partial charge in [0.25, 0.3) is 5.56 Å². The largest absolute Gasteiger partial charge is 0.377 e. The molecule has 132 valence electrons. The van der Waals surface area contributed by atoms with E-state index in [1.165, 1.54) is 0 Å². The maximum Gasteiger partial charge on any atom is 0.325 e. The minimum absolute atomic E-state index is 0.0258. The van der Waals surface area contributed by atoms with E-state index in [0.717, 1.165) is 5.56 Å². The Balaban J connectivity index is 1.74. The molecule has 1 aromatic carbocycles. The molecule has 1 fully saturated rings. The third-order valence-corrected chi connectivity index (χ3v) is 4.48. The van der Waals surface area contributed by atoms with E-state index in [0.29, 0.717) is 31.0 Å². The summed E-state index contributed by atoms with van der Waals surface area (Å²) in [4.78, 5) is 42.5. The number of carbonyl (C=O) groups is 1. The van der Waals surface area contributed by atoms with Crippen LogP contribution in [0.1, 0.15) is 29.3 Å². The standard InChI is InChI=1S/C18H21N3O4/c1-12-14(17(23)20-18(24)19-12)7-8-16(22)21-9-10-25-11-15(21)13-5-3-2-4-6-13/h2-6,15H,7-11H2,1H3,(H2,19,20,23,24). The molecule has 7 nitrogen and oxygen atoms in total. The van der Waals surface area contributed by atoms with E-state index < -0.39 is 11.2 Å². The molecule has 2 N–H and O–H groups in total. The zero-order valence-corrected chi connectivity index (χ0v) is 14.1. The quantitative estimate of drug-likeness (QED) is 0.862. The van der Waals surface area contributed by atoms with Crippen LogP contribution < -0.4 is 11.2 Å². The van der Waals surface area contributed by atoms with Crippen LogP contribution in [-0.4, -0.2) is 40.5 Å². The summed E-state index contributed by atoms with van der Waals surface area (Å²) in [5.41, 5.74) is 1.01. The van der Waals surface area contributed by atoms with Crippen LogP contribution in [0.15, 0.2) is 39.9 Å². The summed E-state index contributed by atoms with van der Waals surface area (Å²) in [5.74, 6) is -0.0258. The fraction of sp³-hybridized carbons (Fsp3) is 0.389. The van der Waals surface area contributed by atoms with Gasteiger partial charge in [-0.25, -0.2) is 4.79 Å². The van der Waals surface area contributed by atoms with Crippen LogP contribution in [0.2, 0.25) is 0 Å². The van der Waals surface area contributed by atoms with Gasteiger partial charge < -0.3 is 14.6 Å². The van der Waals surface area contributed by atoms with Crippen molar-refractivity contribution in [3.8, 4) is 0 Å². The Morgan fingerprint density at radius 2 is 2.00 bits per heavy atom. The van der Waals surface area contributed by atoms with Crippen LogP contribution in [0, 0.1) is 6.92 Å². The first-order chi connectivity index (χ1) is 12.1. The normalized spacial score (nSPS) is 17.5. The van der Waals surface area contributed by atoms with E-state index in [4.69, 9.17) is 4.74 Å². The van der Waals surface area contributed by atoms with Crippen molar-refractivity contribution in [2.75, 3.05) is 19.8 Å². The van der Waals surface area contributed by atoms with Crippen molar-refractivity contribution in [3.63, 3.8) is 0 Å². The fourth-order valence-corrected chi connectivity index (χ4v) is 3.16. The van der Waals surface area contributed by atoms with Gasteiger partial charge in [-0.1, -0.05) is 30.3 Å². The van der Waals surface area contributed by atoms with Crippen LogP contribution in [0.4, 0.5) is 0 Å². The van der Waals surface area contributed by atoms with Crippen molar-refractivity contribution in [2.24, 2.45) is 0 Å². The molecule has 3 rings (SSSR count). The average molecular weight is 343 g/mol. The molecule has 1 amide bonds. The lowest BCUT2D eigenvalue weighted by atomic mass is 10.0. The van der Waals surface area contributed by atoms with Gasteiger partial charge in [0.2, 0.25) is 5.91 Å². The minimum Gasteiger partial charge on any atom is -0.377 e. The molecule has 1 aromatic heterocycles. The molecule has 1 aliphatic rings. The van der Waals surface area contributed by atoms with E-state index in [-0.39, 0.29) is 24.8 Å². The molecule has 0 bridgehead atoms. The highest BCUT2D eigenvalue weighted by molar-refractivity contribution is 5.77. The number of aryl methyl sites for hydroxylation is 1. The van der Waals surface area contributed by atoms with Gasteiger partial charge in [-0.05, 0) is 18.9 Å². The highest BCUT2D eigenvalue weighted by Crippen LogP contribution is 2.24. The Bertz CT molecular complexity index is 857. The number of hydrogen-bond donors (Lipinski definition) is 2. The van der Waals surface area contributed by atoms with E-state index in [1.807, 2.05) is 35.2 Å². The van der Waals surface area contributed by atoms with Gasteiger partial charge in [0, 0.05) is 24.2 Å². The van der Waals surface area contributed by atoms with Crippen LogP contribution in [0.3, 0.4) is 0 Å². The number of aromatic nitrogens is 2. The SMILES string of the molecule is Cc1[nH]c(=O)[nH]c(=O)c1CCC(=O)N1CCOCC1c1ccccc1. The Kier molecular flexibility index (Phi) is 5.14. The molecule has 7 heteroatoms. The van der Waals surface area contributed by atoms with Crippen LogP contribution in [0.25, 0.3) is 0 Å². The number of amides is 1. The molecular weight excluding hydrogens is 322 g/mol. The van der Waals surface area contributed by atoms with Gasteiger partial charge in [-0.2, -0.15) is 0 Å². The Labute approximate surface area is 144 Å². The zero-order valence-electron chi connectivity index (χ0n) is 14.1. The van der Waals surface area contributed by atoms with E-state index in [1.54, 1.807) is 6.92 Å². The number of hydrogen-bond acceptors (Lipinski definition) is 4. The van der Waals surface area contributed by atoms with Gasteiger partial charge in [-0.15, -0.1) is 0 Å². The van der Waals surface area contributed by atoms with Crippen LogP contribution >= 0.6 is 0 Å². The molecular formula is C18H21N3O4. The lowest BCUT2D eigenvalue weighted by molar-refractivity contribution is -0.140. The van der Waals surface area contributed by atoms with Crippen molar-refractivity contribution in [2.45, 2.75) is 25.8 Å². The molecule has 1 atom stereocenters. The summed E-state index contributed by atoms with van der Waals surface area (Å²) < 4.78 is 5.54. The summed E-state index contributed by atoms with van der Waals surface area (Å²) in [6.45, 7) is 3.17. The molecule has 0 saturated carbocycles. The molecule has 1 aliphatic heterocycles. The number of aromatic amines is 2. The van der Waals surface area contributed by atoms with Gasteiger partial charge in [0.1, 0.15) is 0 Å². The summed E-state index contributed by atoms with van der Waals surface area (Å²) in [6, 6.07) is 9.67. The Morgan fingerprint density at radius 3 is 2.72 bits per heavy atom. The van der Waals surface area contributed by atoms with Gasteiger partial charge in [0.15, 0.2) is 0 Å². The predicted molar refractivity (Wildman–Crippen MR) is 92.5 cm³/mol. The highest BCUT2D eigenvalue weighted by Gasteiger charge is 2.28. The number of nitrogens with one attached hydrogen (secondary N) is 2. The van der Waals surface area contributed by atoms with Crippen molar-refractivity contribution < 1.29 is 9.53 Å². The number of nitrogens with zero attached hydrogens (tertiary/aromatic N) is 1. The fourth-order valence-electron chi connectivity index (χ4n) is 3.16. The summed E-state index contributed by atoms with van der Waals surface area (Å²) in [6.07, 6.45) is 0.495. The molecule has 0 spiro atoms. The van der Waals surface area contributed by atoms with Gasteiger partial charge in [-0.3, -0.25) is 14.6 Å². The topological polar surface area (TPSA) is 95.3 Å². The highest BCUT2D eigenvalue weighted by atomic mass is 16.5. The second-order valence-corrected chi connectivity index (χ2v) is 6.10. The zero-order chi connectivity index (χ0) is 17.8. The van der Waals surface area contributed by atoms with Crippen LogP contribution in [0.5, 0.6) is 0 Å². The Morgan fingerprint density at radius 1 is 1.24 bits per heavy atom. The molecule has 1 saturated heterocycles. The monoisotopic (exact) mass is 343 g/mol. The summed E-state index contributed by atoms with van der Waals surface area (Å²) in [7, 11) is 0. The molecule has 0 radical (unpaired) electrons. The minimum atomic E-state index is -0.533. The lowest BCUT2D eigenvalue weighted by Gasteiger charge is -2.36. The maximum absolute atomic E-state index is 12.7. The number of benzene rings is 1. The van der Waals surface area contributed by atoms with Crippen molar-refractivity contribution in [1.82, 2.24) is 14.9 Å². The number of H-pyrrole nitrogens is 2. The van der Waals surface area contributed by atoms with Crippen molar-refractivity contribution >= 4 is 5.91 Å². The molecule has 2 heterocycles. The number of rotatable bonds is 4. The van der Waals surface area contributed by atoms with Gasteiger partial charge in [0.05, 0.1) is 19.3 Å². The first-order valence-corrected chi connectivity index (χ1v) is 8.30. The summed E-state index contributed by atoms with van der Waals surface area (Å²) >= 11 is 0. The second kappa shape index (κ2) is 7.48. The van der Waals surface area contributed by atoms with E-state index in [2.05, 4.69) is 9.97 Å². The number of ether oxygens (including phenoxy) is 1. The first kappa shape index (κ1) is 17.2. The molecule has 1 unspecified atom stereocenters. The average Bonchev–Trinajstić information content (AvgIpc) is 2.61. The number of morpholine rings is 1. The molecule has 0 aliphatic carbocycles. The van der Waals surface area contributed by atoms with Crippen molar-refractivity contribution in [1.29, 1.82) is 0 Å². The first-order valence-electron chi connectivity index (χ1n) is 8.30. The Hall–Kier alpha value is -2.67. The maximum atomic E-state index is 12.7. The third kappa shape index (κ3) is 3.88. The van der Waals surface area contributed by atoms with E-state index >= 15 is 0 Å². The second-order valence-electron chi connectivity index (χ2n) is 6.10.